The van der Waals surface area contributed by atoms with Gasteiger partial charge in [-0.3, -0.25) is 14.4 Å². The second-order valence-corrected chi connectivity index (χ2v) is 8.06. The van der Waals surface area contributed by atoms with Crippen LogP contribution >= 0.6 is 0 Å². The van der Waals surface area contributed by atoms with Crippen molar-refractivity contribution < 1.29 is 4.79 Å². The molecule has 4 rings (SSSR count). The molecular formula is C22H30N4O. The maximum Gasteiger partial charge on any atom is 0.251 e. The van der Waals surface area contributed by atoms with Crippen molar-refractivity contribution in [2.75, 3.05) is 13.1 Å². The van der Waals surface area contributed by atoms with Crippen molar-refractivity contribution in [1.82, 2.24) is 20.0 Å². The van der Waals surface area contributed by atoms with Crippen LogP contribution in [0.5, 0.6) is 0 Å². The monoisotopic (exact) mass is 366 g/mol. The predicted octanol–water partition coefficient (Wildman–Crippen LogP) is 2.92. The van der Waals surface area contributed by atoms with Gasteiger partial charge in [0, 0.05) is 49.5 Å². The zero-order valence-electron chi connectivity index (χ0n) is 16.7. The Morgan fingerprint density at radius 2 is 1.93 bits per heavy atom. The number of amides is 1. The van der Waals surface area contributed by atoms with Crippen LogP contribution < -0.4 is 5.32 Å². The third-order valence-corrected chi connectivity index (χ3v) is 6.48. The fraction of sp³-hybridized carbons (Fsp3) is 0.545. The maximum atomic E-state index is 12.7. The molecule has 1 aromatic carbocycles. The molecule has 2 aromatic rings. The molecule has 1 fully saturated rings. The number of hydrogen-bond acceptors (Lipinski definition) is 3. The molecule has 5 heteroatoms. The number of aryl methyl sites for hydroxylation is 2. The number of rotatable bonds is 4. The lowest BCUT2D eigenvalue weighted by Gasteiger charge is -2.36. The van der Waals surface area contributed by atoms with Crippen molar-refractivity contribution in [3.05, 3.63) is 51.8 Å². The number of carbonyl (C=O) groups excluding carboxylic acids is 1. The lowest BCUT2D eigenvalue weighted by atomic mass is 9.91. The van der Waals surface area contributed by atoms with E-state index in [1.807, 2.05) is 31.6 Å². The molecule has 1 saturated carbocycles. The van der Waals surface area contributed by atoms with E-state index in [-0.39, 0.29) is 5.91 Å². The van der Waals surface area contributed by atoms with E-state index < -0.39 is 0 Å². The summed E-state index contributed by atoms with van der Waals surface area (Å²) >= 11 is 0. The van der Waals surface area contributed by atoms with E-state index in [4.69, 9.17) is 0 Å². The van der Waals surface area contributed by atoms with Gasteiger partial charge in [0.2, 0.25) is 0 Å². The first-order chi connectivity index (χ1) is 13.0. The summed E-state index contributed by atoms with van der Waals surface area (Å²) in [5.74, 6) is 0.000508. The fourth-order valence-corrected chi connectivity index (χ4v) is 4.34. The number of benzene rings is 1. The number of nitrogens with one attached hydrogen (secondary N) is 1. The molecule has 1 amide bonds. The van der Waals surface area contributed by atoms with E-state index in [1.165, 1.54) is 30.4 Å². The summed E-state index contributed by atoms with van der Waals surface area (Å²) < 4.78 is 1.87. The van der Waals surface area contributed by atoms with Gasteiger partial charge in [0.15, 0.2) is 0 Å². The summed E-state index contributed by atoms with van der Waals surface area (Å²) in [6, 6.07) is 7.05. The lowest BCUT2D eigenvalue weighted by molar-refractivity contribution is 0.0950. The lowest BCUT2D eigenvalue weighted by Crippen LogP contribution is -2.41. The van der Waals surface area contributed by atoms with Crippen LogP contribution in [0.25, 0.3) is 0 Å². The Morgan fingerprint density at radius 3 is 2.56 bits per heavy atom. The first kappa shape index (κ1) is 18.2. The van der Waals surface area contributed by atoms with E-state index in [2.05, 4.69) is 27.4 Å². The summed E-state index contributed by atoms with van der Waals surface area (Å²) in [6.07, 6.45) is 6.25. The van der Waals surface area contributed by atoms with E-state index in [0.29, 0.717) is 6.54 Å². The van der Waals surface area contributed by atoms with Gasteiger partial charge in [-0.2, -0.15) is 5.10 Å². The maximum absolute atomic E-state index is 12.7. The van der Waals surface area contributed by atoms with Gasteiger partial charge in [-0.25, -0.2) is 0 Å². The predicted molar refractivity (Wildman–Crippen MR) is 107 cm³/mol. The summed E-state index contributed by atoms with van der Waals surface area (Å²) in [5, 5.41) is 7.50. The highest BCUT2D eigenvalue weighted by Gasteiger charge is 2.26. The van der Waals surface area contributed by atoms with Gasteiger partial charge in [-0.15, -0.1) is 0 Å². The third kappa shape index (κ3) is 3.65. The molecule has 1 aliphatic carbocycles. The van der Waals surface area contributed by atoms with Crippen LogP contribution in [-0.4, -0.2) is 39.7 Å². The average Bonchev–Trinajstić information content (AvgIpc) is 2.76. The Hall–Kier alpha value is -2.14. The largest absolute Gasteiger partial charge is 0.348 e. The topological polar surface area (TPSA) is 50.2 Å². The molecule has 144 valence electrons. The van der Waals surface area contributed by atoms with Crippen molar-refractivity contribution in [2.45, 2.75) is 58.5 Å². The van der Waals surface area contributed by atoms with Crippen molar-refractivity contribution in [3.8, 4) is 0 Å². The SMILES string of the molecule is Cc1nn(C)c(C)c1CNC(=O)c1ccc2c(c1)CCN(C1CCC1)CC2. The van der Waals surface area contributed by atoms with Crippen LogP contribution in [0.2, 0.25) is 0 Å². The molecule has 5 nitrogen and oxygen atoms in total. The summed E-state index contributed by atoms with van der Waals surface area (Å²) in [7, 11) is 1.94. The average molecular weight is 367 g/mol. The molecule has 1 aromatic heterocycles. The molecule has 1 aliphatic heterocycles. The molecule has 2 heterocycles. The molecule has 1 N–H and O–H groups in total. The molecule has 0 radical (unpaired) electrons. The quantitative estimate of drug-likeness (QED) is 0.905. The first-order valence-corrected chi connectivity index (χ1v) is 10.2. The highest BCUT2D eigenvalue weighted by atomic mass is 16.1. The normalized spacial score (nSPS) is 17.9. The van der Waals surface area contributed by atoms with Gasteiger partial charge >= 0.3 is 0 Å². The van der Waals surface area contributed by atoms with Gasteiger partial charge in [0.05, 0.1) is 5.69 Å². The Balaban J connectivity index is 1.42. The minimum atomic E-state index is 0.000508. The summed E-state index contributed by atoms with van der Waals surface area (Å²) in [6.45, 7) is 6.83. The number of nitrogens with zero attached hydrogens (tertiary/aromatic N) is 3. The van der Waals surface area contributed by atoms with Gasteiger partial charge in [0.25, 0.3) is 5.91 Å². The van der Waals surface area contributed by atoms with Crippen molar-refractivity contribution >= 4 is 5.91 Å². The zero-order valence-corrected chi connectivity index (χ0v) is 16.7. The molecule has 0 unspecified atom stereocenters. The molecule has 2 aliphatic rings. The summed E-state index contributed by atoms with van der Waals surface area (Å²) in [5.41, 5.74) is 6.71. The molecule has 27 heavy (non-hydrogen) atoms. The first-order valence-electron chi connectivity index (χ1n) is 10.2. The van der Waals surface area contributed by atoms with Gasteiger partial charge in [0.1, 0.15) is 0 Å². The Kier molecular flexibility index (Phi) is 5.04. The third-order valence-electron chi connectivity index (χ3n) is 6.48. The van der Waals surface area contributed by atoms with Crippen LogP contribution in [-0.2, 0) is 26.4 Å². The second-order valence-electron chi connectivity index (χ2n) is 8.06. The Morgan fingerprint density at radius 1 is 1.19 bits per heavy atom. The van der Waals surface area contributed by atoms with Crippen LogP contribution in [0.1, 0.15) is 57.7 Å². The van der Waals surface area contributed by atoms with E-state index >= 15 is 0 Å². The second kappa shape index (κ2) is 7.47. The minimum absolute atomic E-state index is 0.000508. The van der Waals surface area contributed by atoms with Gasteiger partial charge in [-0.1, -0.05) is 12.5 Å². The summed E-state index contributed by atoms with van der Waals surface area (Å²) in [4.78, 5) is 15.3. The highest BCUT2D eigenvalue weighted by molar-refractivity contribution is 5.94. The highest BCUT2D eigenvalue weighted by Crippen LogP contribution is 2.27. The number of fused-ring (bicyclic) bond motifs is 1. The Bertz CT molecular complexity index is 850. The fourth-order valence-electron chi connectivity index (χ4n) is 4.34. The van der Waals surface area contributed by atoms with Crippen LogP contribution in [0, 0.1) is 13.8 Å². The Labute approximate surface area is 161 Å². The minimum Gasteiger partial charge on any atom is -0.348 e. The van der Waals surface area contributed by atoms with Crippen molar-refractivity contribution in [2.24, 2.45) is 7.05 Å². The van der Waals surface area contributed by atoms with Crippen LogP contribution in [0.4, 0.5) is 0 Å². The van der Waals surface area contributed by atoms with Crippen molar-refractivity contribution in [3.63, 3.8) is 0 Å². The van der Waals surface area contributed by atoms with E-state index in [0.717, 1.165) is 54.5 Å². The number of carbonyl (C=O) groups is 1. The smallest absolute Gasteiger partial charge is 0.251 e. The molecule has 0 bridgehead atoms. The number of aromatic nitrogens is 2. The van der Waals surface area contributed by atoms with Crippen molar-refractivity contribution in [1.29, 1.82) is 0 Å². The van der Waals surface area contributed by atoms with E-state index in [9.17, 15) is 4.79 Å². The zero-order chi connectivity index (χ0) is 19.0. The standard InChI is InChI=1S/C22H30N4O/c1-15-21(16(2)25(3)24-15)14-23-22(27)19-8-7-17-9-11-26(20-5-4-6-20)12-10-18(17)13-19/h7-8,13,20H,4-6,9-12,14H2,1-3H3,(H,23,27). The molecule has 0 saturated heterocycles. The van der Waals surface area contributed by atoms with Crippen LogP contribution in [0.15, 0.2) is 18.2 Å². The van der Waals surface area contributed by atoms with E-state index in [1.54, 1.807) is 0 Å². The van der Waals surface area contributed by atoms with Crippen LogP contribution in [0.3, 0.4) is 0 Å². The molecular weight excluding hydrogens is 336 g/mol. The van der Waals surface area contributed by atoms with Gasteiger partial charge < -0.3 is 5.32 Å². The molecule has 0 atom stereocenters. The number of hydrogen-bond donors (Lipinski definition) is 1. The van der Waals surface area contributed by atoms with Gasteiger partial charge in [-0.05, 0) is 62.8 Å². The molecule has 0 spiro atoms.